The molecule has 2 aromatic rings. The van der Waals surface area contributed by atoms with Gasteiger partial charge in [-0.2, -0.15) is 0 Å². The van der Waals surface area contributed by atoms with Gasteiger partial charge in [0.05, 0.1) is 4.91 Å². The first-order chi connectivity index (χ1) is 13.9. The molecule has 7 nitrogen and oxygen atoms in total. The Hall–Kier alpha value is -2.69. The molecule has 0 aliphatic carbocycles. The second-order valence-electron chi connectivity index (χ2n) is 6.00. The largest absolute Gasteiger partial charge is 0.508 e. The van der Waals surface area contributed by atoms with Gasteiger partial charge in [-0.1, -0.05) is 36.1 Å². The molecule has 1 aromatic heterocycles. The summed E-state index contributed by atoms with van der Waals surface area (Å²) in [5, 5.41) is 11.3. The quantitative estimate of drug-likeness (QED) is 0.358. The molecule has 3 rings (SSSR count). The van der Waals surface area contributed by atoms with Crippen molar-refractivity contribution in [1.29, 1.82) is 0 Å². The van der Waals surface area contributed by atoms with Gasteiger partial charge in [-0.15, -0.1) is 11.3 Å². The van der Waals surface area contributed by atoms with Crippen LogP contribution in [-0.2, 0) is 9.59 Å². The summed E-state index contributed by atoms with van der Waals surface area (Å²) < 4.78 is 0.468. The topological polar surface area (TPSA) is 98.7 Å². The van der Waals surface area contributed by atoms with E-state index in [1.54, 1.807) is 0 Å². The van der Waals surface area contributed by atoms with Crippen molar-refractivity contribution in [2.75, 3.05) is 6.54 Å². The third kappa shape index (κ3) is 5.66. The van der Waals surface area contributed by atoms with Crippen molar-refractivity contribution >= 4 is 63.4 Å². The predicted molar refractivity (Wildman–Crippen MR) is 117 cm³/mol. The highest BCUT2D eigenvalue weighted by molar-refractivity contribution is 8.26. The summed E-state index contributed by atoms with van der Waals surface area (Å²) in [5.74, 6) is -1.13. The fraction of sp³-hybridized carbons (Fsp3) is 0.158. The number of amides is 3. The number of aromatic hydroxyl groups is 1. The molecule has 0 spiro atoms. The zero-order valence-corrected chi connectivity index (χ0v) is 17.5. The molecule has 1 saturated heterocycles. The zero-order chi connectivity index (χ0) is 20.8. The van der Waals surface area contributed by atoms with Crippen LogP contribution in [0.25, 0.3) is 6.08 Å². The molecule has 0 bridgehead atoms. The Balaban J connectivity index is 1.43. The summed E-state index contributed by atoms with van der Waals surface area (Å²) in [4.78, 5) is 39.4. The van der Waals surface area contributed by atoms with Gasteiger partial charge in [0.25, 0.3) is 11.8 Å². The van der Waals surface area contributed by atoms with Crippen LogP contribution in [0, 0.1) is 0 Å². The van der Waals surface area contributed by atoms with Gasteiger partial charge in [-0.3, -0.25) is 30.1 Å². The first kappa shape index (κ1) is 21.0. The lowest BCUT2D eigenvalue weighted by molar-refractivity contribution is -0.124. The van der Waals surface area contributed by atoms with E-state index in [-0.39, 0.29) is 23.6 Å². The van der Waals surface area contributed by atoms with E-state index in [1.165, 1.54) is 52.3 Å². The van der Waals surface area contributed by atoms with E-state index in [9.17, 15) is 19.5 Å². The number of hydrazine groups is 1. The molecule has 150 valence electrons. The van der Waals surface area contributed by atoms with Crippen LogP contribution in [-0.4, -0.2) is 38.6 Å². The number of carbonyl (C=O) groups is 3. The maximum absolute atomic E-state index is 12.5. The minimum atomic E-state index is -0.537. The monoisotopic (exact) mass is 447 g/mol. The summed E-state index contributed by atoms with van der Waals surface area (Å²) in [5.41, 5.74) is 4.82. The number of rotatable bonds is 6. The number of thioether (sulfide) groups is 1. The van der Waals surface area contributed by atoms with Crippen LogP contribution >= 0.6 is 35.3 Å². The fourth-order valence-corrected chi connectivity index (χ4v) is 4.53. The fourth-order valence-electron chi connectivity index (χ4n) is 2.50. The molecule has 0 unspecified atom stereocenters. The van der Waals surface area contributed by atoms with E-state index < -0.39 is 11.8 Å². The molecule has 1 aliphatic rings. The van der Waals surface area contributed by atoms with Crippen molar-refractivity contribution in [3.05, 3.63) is 57.1 Å². The van der Waals surface area contributed by atoms with Gasteiger partial charge in [0.1, 0.15) is 10.1 Å². The van der Waals surface area contributed by atoms with Gasteiger partial charge >= 0.3 is 0 Å². The van der Waals surface area contributed by atoms with Crippen LogP contribution in [0.5, 0.6) is 5.75 Å². The number of thiophene rings is 1. The normalized spacial score (nSPS) is 15.0. The Morgan fingerprint density at radius 2 is 2.03 bits per heavy atom. The molecule has 10 heteroatoms. The second kappa shape index (κ2) is 9.68. The highest BCUT2D eigenvalue weighted by Gasteiger charge is 2.31. The second-order valence-corrected chi connectivity index (χ2v) is 8.66. The van der Waals surface area contributed by atoms with E-state index in [4.69, 9.17) is 12.2 Å². The number of hydrogen-bond donors (Lipinski definition) is 3. The molecule has 2 heterocycles. The minimum Gasteiger partial charge on any atom is -0.508 e. The van der Waals surface area contributed by atoms with Crippen molar-refractivity contribution in [3.63, 3.8) is 0 Å². The van der Waals surface area contributed by atoms with E-state index in [2.05, 4.69) is 10.9 Å². The van der Waals surface area contributed by atoms with E-state index in [0.29, 0.717) is 22.2 Å². The van der Waals surface area contributed by atoms with Crippen molar-refractivity contribution in [2.24, 2.45) is 0 Å². The van der Waals surface area contributed by atoms with Crippen LogP contribution in [0.4, 0.5) is 0 Å². The average molecular weight is 448 g/mol. The number of carbonyl (C=O) groups excluding carboxylic acids is 3. The summed E-state index contributed by atoms with van der Waals surface area (Å²) in [6.45, 7) is 0.320. The molecule has 3 N–H and O–H groups in total. The molecular weight excluding hydrogens is 430 g/mol. The van der Waals surface area contributed by atoms with Crippen molar-refractivity contribution < 1.29 is 19.5 Å². The van der Waals surface area contributed by atoms with Crippen LogP contribution in [0.2, 0.25) is 0 Å². The van der Waals surface area contributed by atoms with Crippen LogP contribution in [0.1, 0.15) is 28.1 Å². The number of nitrogens with zero attached hydrogens (tertiary/aromatic N) is 1. The SMILES string of the molecule is O=C(CCCN1C(=O)C(=Cc2cccs2)SC1=S)NNC(=O)c1cccc(O)c1. The Morgan fingerprint density at radius 1 is 1.21 bits per heavy atom. The number of thiocarbonyl (C=S) groups is 1. The first-order valence-corrected chi connectivity index (χ1v) is 10.7. The number of hydrogen-bond acceptors (Lipinski definition) is 7. The third-order valence-electron chi connectivity index (χ3n) is 3.90. The molecule has 0 saturated carbocycles. The summed E-state index contributed by atoms with van der Waals surface area (Å²) in [6, 6.07) is 9.61. The maximum Gasteiger partial charge on any atom is 0.269 e. The maximum atomic E-state index is 12.5. The Bertz CT molecular complexity index is 973. The van der Waals surface area contributed by atoms with Crippen LogP contribution in [0.3, 0.4) is 0 Å². The molecule has 0 radical (unpaired) electrons. The minimum absolute atomic E-state index is 0.0411. The molecule has 3 amide bonds. The van der Waals surface area contributed by atoms with Gasteiger partial charge < -0.3 is 5.11 Å². The van der Waals surface area contributed by atoms with Crippen molar-refractivity contribution in [3.8, 4) is 5.75 Å². The summed E-state index contributed by atoms with van der Waals surface area (Å²) in [6.07, 6.45) is 2.32. The molecule has 1 aliphatic heterocycles. The molecule has 29 heavy (non-hydrogen) atoms. The van der Waals surface area contributed by atoms with Gasteiger partial charge in [0, 0.05) is 23.4 Å². The standard InChI is InChI=1S/C19H17N3O4S3/c23-13-5-1-4-12(10-13)17(25)21-20-16(24)7-2-8-22-18(26)15(29-19(22)27)11-14-6-3-9-28-14/h1,3-6,9-11,23H,2,7-8H2,(H,20,24)(H,21,25). The van der Waals surface area contributed by atoms with Crippen LogP contribution in [0.15, 0.2) is 46.7 Å². The number of nitrogens with one attached hydrogen (secondary N) is 2. The molecular formula is C19H17N3O4S3. The molecule has 1 aromatic carbocycles. The lowest BCUT2D eigenvalue weighted by atomic mass is 10.2. The van der Waals surface area contributed by atoms with E-state index in [0.717, 1.165) is 4.88 Å². The lowest BCUT2D eigenvalue weighted by Crippen LogP contribution is -2.41. The van der Waals surface area contributed by atoms with Gasteiger partial charge in [-0.25, -0.2) is 0 Å². The predicted octanol–water partition coefficient (Wildman–Crippen LogP) is 2.90. The van der Waals surface area contributed by atoms with Crippen molar-refractivity contribution in [2.45, 2.75) is 12.8 Å². The smallest absolute Gasteiger partial charge is 0.269 e. The highest BCUT2D eigenvalue weighted by Crippen LogP contribution is 2.33. The number of benzene rings is 1. The lowest BCUT2D eigenvalue weighted by Gasteiger charge is -2.14. The Kier molecular flexibility index (Phi) is 7.02. The Labute approximate surface area is 180 Å². The summed E-state index contributed by atoms with van der Waals surface area (Å²) >= 11 is 8.06. The van der Waals surface area contributed by atoms with Gasteiger partial charge in [-0.05, 0) is 42.1 Å². The zero-order valence-electron chi connectivity index (χ0n) is 15.1. The van der Waals surface area contributed by atoms with Gasteiger partial charge in [0.15, 0.2) is 0 Å². The first-order valence-electron chi connectivity index (χ1n) is 8.61. The van der Waals surface area contributed by atoms with E-state index in [1.807, 2.05) is 23.6 Å². The molecule has 0 atom stereocenters. The summed E-state index contributed by atoms with van der Waals surface area (Å²) in [7, 11) is 0. The molecule has 1 fully saturated rings. The van der Waals surface area contributed by atoms with E-state index >= 15 is 0 Å². The number of phenols is 1. The number of phenolic OH excluding ortho intramolecular Hbond substituents is 1. The van der Waals surface area contributed by atoms with Crippen LogP contribution < -0.4 is 10.9 Å². The van der Waals surface area contributed by atoms with Crippen molar-refractivity contribution in [1.82, 2.24) is 15.8 Å². The third-order valence-corrected chi connectivity index (χ3v) is 6.10. The average Bonchev–Trinajstić information content (AvgIpc) is 3.30. The Morgan fingerprint density at radius 3 is 2.76 bits per heavy atom. The highest BCUT2D eigenvalue weighted by atomic mass is 32.2. The van der Waals surface area contributed by atoms with Gasteiger partial charge in [0.2, 0.25) is 5.91 Å².